The van der Waals surface area contributed by atoms with Crippen molar-refractivity contribution in [3.05, 3.63) is 18.2 Å². The lowest BCUT2D eigenvalue weighted by molar-refractivity contribution is 0.565. The number of aromatic nitrogens is 2. The Kier molecular flexibility index (Phi) is 4.17. The third kappa shape index (κ3) is 2.47. The van der Waals surface area contributed by atoms with Gasteiger partial charge in [-0.2, -0.15) is 0 Å². The summed E-state index contributed by atoms with van der Waals surface area (Å²) in [4.78, 5) is 6.99. The first kappa shape index (κ1) is 13.3. The highest BCUT2D eigenvalue weighted by Gasteiger charge is 2.32. The molecule has 2 heterocycles. The van der Waals surface area contributed by atoms with E-state index in [1.165, 1.54) is 0 Å². The van der Waals surface area contributed by atoms with Gasteiger partial charge in [-0.25, -0.2) is 22.8 Å². The predicted octanol–water partition coefficient (Wildman–Crippen LogP) is 0.173. The number of sulfone groups is 1. The molecule has 0 bridgehead atoms. The average Bonchev–Trinajstić information content (AvgIpc) is 2.71. The predicted molar refractivity (Wildman–Crippen MR) is 57.7 cm³/mol. The molecule has 90 valence electrons. The van der Waals surface area contributed by atoms with Gasteiger partial charge in [0.05, 0.1) is 17.6 Å². The van der Waals surface area contributed by atoms with E-state index in [2.05, 4.69) is 15.3 Å². The van der Waals surface area contributed by atoms with Crippen molar-refractivity contribution in [1.29, 1.82) is 0 Å². The topological polar surface area (TPSA) is 72.0 Å². The molecule has 0 radical (unpaired) electrons. The van der Waals surface area contributed by atoms with E-state index in [-0.39, 0.29) is 17.6 Å². The van der Waals surface area contributed by atoms with Crippen LogP contribution >= 0.6 is 12.4 Å². The maximum Gasteiger partial charge on any atom is 0.247 e. The summed E-state index contributed by atoms with van der Waals surface area (Å²) in [5.41, 5.74) is 0. The van der Waals surface area contributed by atoms with Crippen LogP contribution in [-0.4, -0.2) is 36.7 Å². The second kappa shape index (κ2) is 5.03. The molecule has 1 aliphatic heterocycles. The van der Waals surface area contributed by atoms with Gasteiger partial charge in [0.1, 0.15) is 0 Å². The summed E-state index contributed by atoms with van der Waals surface area (Å²) in [6.45, 7) is 1.08. The van der Waals surface area contributed by atoms with Gasteiger partial charge in [0.25, 0.3) is 0 Å². The lowest BCUT2D eigenvalue weighted by atomic mass is 10.4. The van der Waals surface area contributed by atoms with Gasteiger partial charge < -0.3 is 5.32 Å². The third-order valence-corrected chi connectivity index (χ3v) is 4.30. The van der Waals surface area contributed by atoms with Crippen molar-refractivity contribution in [2.24, 2.45) is 0 Å². The smallest absolute Gasteiger partial charge is 0.247 e. The third-order valence-electron chi connectivity index (χ3n) is 2.31. The quantitative estimate of drug-likeness (QED) is 0.774. The summed E-state index contributed by atoms with van der Waals surface area (Å²) >= 11 is 0. The largest absolute Gasteiger partial charge is 0.315 e. The van der Waals surface area contributed by atoms with Crippen LogP contribution in [0.5, 0.6) is 0 Å². The Labute approximate surface area is 98.8 Å². The standard InChI is InChI=1S/C8H10FN3O2S.ClH/c9-6-3-11-8(12-4-6)15(13,14)7-1-2-10-5-7;/h3-4,7,10H,1-2,5H2;1H/t7-;/m0./s1. The molecule has 1 saturated heterocycles. The molecule has 0 spiro atoms. The monoisotopic (exact) mass is 267 g/mol. The molecular weight excluding hydrogens is 257 g/mol. The van der Waals surface area contributed by atoms with E-state index in [1.54, 1.807) is 0 Å². The molecule has 16 heavy (non-hydrogen) atoms. The lowest BCUT2D eigenvalue weighted by Crippen LogP contribution is -2.25. The zero-order valence-electron chi connectivity index (χ0n) is 8.26. The number of hydrogen-bond acceptors (Lipinski definition) is 5. The van der Waals surface area contributed by atoms with Gasteiger partial charge in [-0.1, -0.05) is 0 Å². The summed E-state index contributed by atoms with van der Waals surface area (Å²) in [6, 6.07) is 0. The van der Waals surface area contributed by atoms with Gasteiger partial charge in [-0.3, -0.25) is 0 Å². The first-order valence-corrected chi connectivity index (χ1v) is 6.07. The Morgan fingerprint density at radius 3 is 2.50 bits per heavy atom. The van der Waals surface area contributed by atoms with Crippen LogP contribution in [-0.2, 0) is 9.84 Å². The molecule has 1 aromatic rings. The average molecular weight is 268 g/mol. The molecule has 1 atom stereocenters. The fraction of sp³-hybridized carbons (Fsp3) is 0.500. The maximum absolute atomic E-state index is 12.5. The molecule has 1 N–H and O–H groups in total. The minimum absolute atomic E-state index is 0. The molecule has 5 nitrogen and oxygen atoms in total. The molecule has 1 fully saturated rings. The van der Waals surface area contributed by atoms with Crippen molar-refractivity contribution in [3.63, 3.8) is 0 Å². The molecule has 8 heteroatoms. The van der Waals surface area contributed by atoms with Crippen LogP contribution in [0, 0.1) is 5.82 Å². The van der Waals surface area contributed by atoms with Crippen LogP contribution in [0.25, 0.3) is 0 Å². The lowest BCUT2D eigenvalue weighted by Gasteiger charge is -2.07. The minimum Gasteiger partial charge on any atom is -0.315 e. The normalized spacial score (nSPS) is 20.4. The first-order chi connectivity index (χ1) is 7.10. The zero-order valence-corrected chi connectivity index (χ0v) is 9.89. The van der Waals surface area contributed by atoms with Crippen molar-refractivity contribution in [2.45, 2.75) is 16.8 Å². The highest BCUT2D eigenvalue weighted by atomic mass is 35.5. The van der Waals surface area contributed by atoms with Crippen LogP contribution in [0.4, 0.5) is 4.39 Å². The van der Waals surface area contributed by atoms with Crippen molar-refractivity contribution >= 4 is 22.2 Å². The second-order valence-corrected chi connectivity index (χ2v) is 5.47. The van der Waals surface area contributed by atoms with Gasteiger partial charge in [0, 0.05) is 6.54 Å². The minimum atomic E-state index is -3.51. The van der Waals surface area contributed by atoms with Crippen molar-refractivity contribution < 1.29 is 12.8 Å². The maximum atomic E-state index is 12.5. The van der Waals surface area contributed by atoms with Gasteiger partial charge in [0.2, 0.25) is 15.0 Å². The van der Waals surface area contributed by atoms with Crippen molar-refractivity contribution in [2.75, 3.05) is 13.1 Å². The Morgan fingerprint density at radius 2 is 2.00 bits per heavy atom. The number of hydrogen-bond donors (Lipinski definition) is 1. The molecule has 0 saturated carbocycles. The molecule has 1 aliphatic rings. The highest BCUT2D eigenvalue weighted by Crippen LogP contribution is 2.16. The van der Waals surface area contributed by atoms with E-state index >= 15 is 0 Å². The van der Waals surface area contributed by atoms with E-state index in [9.17, 15) is 12.8 Å². The van der Waals surface area contributed by atoms with Crippen LogP contribution in [0.2, 0.25) is 0 Å². The molecule has 2 rings (SSSR count). The molecule has 1 aromatic heterocycles. The van der Waals surface area contributed by atoms with E-state index < -0.39 is 20.9 Å². The van der Waals surface area contributed by atoms with Gasteiger partial charge in [0.15, 0.2) is 5.82 Å². The summed E-state index contributed by atoms with van der Waals surface area (Å²) in [7, 11) is -3.51. The first-order valence-electron chi connectivity index (χ1n) is 4.53. The SMILES string of the molecule is Cl.O=S(=O)(c1ncc(F)cn1)[C@H]1CCNC1. The van der Waals surface area contributed by atoms with Gasteiger partial charge in [-0.15, -0.1) is 12.4 Å². The molecular formula is C8H11ClFN3O2S. The van der Waals surface area contributed by atoms with E-state index in [1.807, 2.05) is 0 Å². The summed E-state index contributed by atoms with van der Waals surface area (Å²) in [6.07, 6.45) is 2.27. The fourth-order valence-corrected chi connectivity index (χ4v) is 2.95. The van der Waals surface area contributed by atoms with E-state index in [0.29, 0.717) is 19.5 Å². The second-order valence-electron chi connectivity index (χ2n) is 3.34. The summed E-state index contributed by atoms with van der Waals surface area (Å²) < 4.78 is 36.2. The Hall–Kier alpha value is -0.790. The number of rotatable bonds is 2. The Morgan fingerprint density at radius 1 is 1.38 bits per heavy atom. The summed E-state index contributed by atoms with van der Waals surface area (Å²) in [5, 5.41) is 2.16. The molecule has 0 aliphatic carbocycles. The number of nitrogens with zero attached hydrogens (tertiary/aromatic N) is 2. The highest BCUT2D eigenvalue weighted by molar-refractivity contribution is 7.91. The van der Waals surface area contributed by atoms with Crippen LogP contribution in [0.3, 0.4) is 0 Å². The Bertz CT molecular complexity index is 445. The van der Waals surface area contributed by atoms with Crippen molar-refractivity contribution in [3.8, 4) is 0 Å². The summed E-state index contributed by atoms with van der Waals surface area (Å²) in [5.74, 6) is -0.640. The fourth-order valence-electron chi connectivity index (χ4n) is 1.49. The van der Waals surface area contributed by atoms with E-state index in [0.717, 1.165) is 12.4 Å². The van der Waals surface area contributed by atoms with E-state index in [4.69, 9.17) is 0 Å². The molecule has 0 amide bonds. The van der Waals surface area contributed by atoms with Crippen molar-refractivity contribution in [1.82, 2.24) is 15.3 Å². The van der Waals surface area contributed by atoms with Gasteiger partial charge in [-0.05, 0) is 13.0 Å². The van der Waals surface area contributed by atoms with Crippen LogP contribution < -0.4 is 5.32 Å². The molecule has 0 aromatic carbocycles. The zero-order chi connectivity index (χ0) is 10.9. The van der Waals surface area contributed by atoms with Crippen LogP contribution in [0.1, 0.15) is 6.42 Å². The van der Waals surface area contributed by atoms with Crippen LogP contribution in [0.15, 0.2) is 17.6 Å². The Balaban J connectivity index is 0.00000128. The number of halogens is 2. The van der Waals surface area contributed by atoms with Gasteiger partial charge >= 0.3 is 0 Å². The number of nitrogens with one attached hydrogen (secondary N) is 1. The molecule has 0 unspecified atom stereocenters.